The Morgan fingerprint density at radius 2 is 2.10 bits per heavy atom. The summed E-state index contributed by atoms with van der Waals surface area (Å²) in [6, 6.07) is 0.0674. The van der Waals surface area contributed by atoms with Crippen LogP contribution in [0.3, 0.4) is 0 Å². The number of ether oxygens (including phenoxy) is 1. The third-order valence-corrected chi connectivity index (χ3v) is 4.12. The van der Waals surface area contributed by atoms with E-state index in [1.165, 1.54) is 6.33 Å². The van der Waals surface area contributed by atoms with Gasteiger partial charge in [0.05, 0.1) is 13.7 Å². The average Bonchev–Trinajstić information content (AvgIpc) is 2.46. The summed E-state index contributed by atoms with van der Waals surface area (Å²) in [4.78, 5) is 8.43. The van der Waals surface area contributed by atoms with Crippen molar-refractivity contribution in [3.63, 3.8) is 0 Å². The van der Waals surface area contributed by atoms with Crippen LogP contribution >= 0.6 is 11.8 Å². The SMILES string of the molecule is CCCNc1ncnc(NC(C)C(CO)SC)c1OC. The van der Waals surface area contributed by atoms with E-state index >= 15 is 0 Å². The highest BCUT2D eigenvalue weighted by molar-refractivity contribution is 7.99. The number of thioether (sulfide) groups is 1. The highest BCUT2D eigenvalue weighted by atomic mass is 32.2. The van der Waals surface area contributed by atoms with Crippen molar-refractivity contribution in [2.75, 3.05) is 37.2 Å². The minimum atomic E-state index is 0.0674. The zero-order valence-electron chi connectivity index (χ0n) is 12.5. The molecule has 0 radical (unpaired) electrons. The van der Waals surface area contributed by atoms with Crippen LogP contribution in [0.2, 0.25) is 0 Å². The lowest BCUT2D eigenvalue weighted by molar-refractivity contribution is 0.288. The summed E-state index contributed by atoms with van der Waals surface area (Å²) < 4.78 is 5.40. The molecule has 1 aromatic rings. The zero-order chi connectivity index (χ0) is 15.0. The van der Waals surface area contributed by atoms with Gasteiger partial charge in [-0.15, -0.1) is 0 Å². The van der Waals surface area contributed by atoms with Crippen molar-refractivity contribution in [3.05, 3.63) is 6.33 Å². The quantitative estimate of drug-likeness (QED) is 0.642. The monoisotopic (exact) mass is 300 g/mol. The second-order valence-electron chi connectivity index (χ2n) is 4.42. The molecule has 6 nitrogen and oxygen atoms in total. The molecule has 1 heterocycles. The van der Waals surface area contributed by atoms with Gasteiger partial charge in [-0.25, -0.2) is 9.97 Å². The molecule has 0 aromatic carbocycles. The first kappa shape index (κ1) is 16.8. The maximum atomic E-state index is 9.33. The van der Waals surface area contributed by atoms with Crippen LogP contribution in [0.4, 0.5) is 11.6 Å². The van der Waals surface area contributed by atoms with Crippen LogP contribution in [0, 0.1) is 0 Å². The number of hydrogen-bond acceptors (Lipinski definition) is 7. The highest BCUT2D eigenvalue weighted by Gasteiger charge is 2.19. The van der Waals surface area contributed by atoms with Crippen LogP contribution in [-0.2, 0) is 0 Å². The van der Waals surface area contributed by atoms with Crippen molar-refractivity contribution >= 4 is 23.4 Å². The maximum Gasteiger partial charge on any atom is 0.204 e. The Morgan fingerprint density at radius 3 is 2.65 bits per heavy atom. The van der Waals surface area contributed by atoms with Gasteiger partial charge >= 0.3 is 0 Å². The number of aliphatic hydroxyl groups is 1. The predicted molar refractivity (Wildman–Crippen MR) is 84.8 cm³/mol. The molecule has 0 aliphatic heterocycles. The minimum absolute atomic E-state index is 0.0674. The molecule has 3 N–H and O–H groups in total. The molecule has 0 bridgehead atoms. The number of methoxy groups -OCH3 is 1. The fourth-order valence-corrected chi connectivity index (χ4v) is 2.41. The zero-order valence-corrected chi connectivity index (χ0v) is 13.3. The molecule has 1 rings (SSSR count). The van der Waals surface area contributed by atoms with Gasteiger partial charge in [0.25, 0.3) is 0 Å². The van der Waals surface area contributed by atoms with E-state index in [1.54, 1.807) is 18.9 Å². The van der Waals surface area contributed by atoms with Gasteiger partial charge in [0.2, 0.25) is 5.75 Å². The average molecular weight is 300 g/mol. The number of hydrogen-bond donors (Lipinski definition) is 3. The molecule has 7 heteroatoms. The van der Waals surface area contributed by atoms with Gasteiger partial charge < -0.3 is 20.5 Å². The van der Waals surface area contributed by atoms with Crippen molar-refractivity contribution < 1.29 is 9.84 Å². The number of aromatic nitrogens is 2. The summed E-state index contributed by atoms with van der Waals surface area (Å²) in [5.74, 6) is 1.93. The minimum Gasteiger partial charge on any atom is -0.490 e. The number of rotatable bonds is 9. The number of nitrogens with one attached hydrogen (secondary N) is 2. The first-order valence-corrected chi connectivity index (χ1v) is 7.99. The molecule has 20 heavy (non-hydrogen) atoms. The summed E-state index contributed by atoms with van der Waals surface area (Å²) >= 11 is 1.62. The van der Waals surface area contributed by atoms with Crippen LogP contribution in [0.5, 0.6) is 5.75 Å². The van der Waals surface area contributed by atoms with Gasteiger partial charge in [0.1, 0.15) is 6.33 Å². The van der Waals surface area contributed by atoms with Gasteiger partial charge in [0, 0.05) is 17.8 Å². The normalized spacial score (nSPS) is 13.7. The molecule has 0 aliphatic carbocycles. The molecule has 0 saturated heterocycles. The third kappa shape index (κ3) is 4.42. The van der Waals surface area contributed by atoms with E-state index < -0.39 is 0 Å². The fourth-order valence-electron chi connectivity index (χ4n) is 1.78. The smallest absolute Gasteiger partial charge is 0.204 e. The molecule has 0 spiro atoms. The lowest BCUT2D eigenvalue weighted by Crippen LogP contribution is -2.31. The van der Waals surface area contributed by atoms with Gasteiger partial charge in [-0.2, -0.15) is 11.8 Å². The summed E-state index contributed by atoms with van der Waals surface area (Å²) in [6.07, 6.45) is 4.48. The Morgan fingerprint density at radius 1 is 1.40 bits per heavy atom. The van der Waals surface area contributed by atoms with Crippen LogP contribution in [-0.4, -0.2) is 52.9 Å². The van der Waals surface area contributed by atoms with Gasteiger partial charge in [-0.1, -0.05) is 6.92 Å². The van der Waals surface area contributed by atoms with Crippen molar-refractivity contribution in [1.82, 2.24) is 9.97 Å². The van der Waals surface area contributed by atoms with Crippen LogP contribution < -0.4 is 15.4 Å². The number of aliphatic hydroxyl groups excluding tert-OH is 1. The maximum absolute atomic E-state index is 9.33. The van der Waals surface area contributed by atoms with E-state index in [4.69, 9.17) is 4.74 Å². The second-order valence-corrected chi connectivity index (χ2v) is 5.50. The Labute approximate surface area is 124 Å². The number of anilines is 2. The molecule has 0 fully saturated rings. The van der Waals surface area contributed by atoms with Crippen molar-refractivity contribution in [2.45, 2.75) is 31.6 Å². The van der Waals surface area contributed by atoms with Crippen molar-refractivity contribution in [3.8, 4) is 5.75 Å². The van der Waals surface area contributed by atoms with Crippen molar-refractivity contribution in [2.24, 2.45) is 0 Å². The van der Waals surface area contributed by atoms with Crippen LogP contribution in [0.15, 0.2) is 6.33 Å². The summed E-state index contributed by atoms with van der Waals surface area (Å²) in [5, 5.41) is 15.9. The van der Waals surface area contributed by atoms with Gasteiger partial charge in [-0.3, -0.25) is 0 Å². The summed E-state index contributed by atoms with van der Waals surface area (Å²) in [6.45, 7) is 5.04. The summed E-state index contributed by atoms with van der Waals surface area (Å²) in [5.41, 5.74) is 0. The lowest BCUT2D eigenvalue weighted by atomic mass is 10.2. The van der Waals surface area contributed by atoms with Crippen LogP contribution in [0.1, 0.15) is 20.3 Å². The van der Waals surface area contributed by atoms with E-state index in [0.29, 0.717) is 17.4 Å². The Balaban J connectivity index is 2.88. The first-order chi connectivity index (χ1) is 9.67. The second kappa shape index (κ2) is 8.86. The van der Waals surface area contributed by atoms with E-state index in [1.807, 2.05) is 13.2 Å². The molecule has 114 valence electrons. The van der Waals surface area contributed by atoms with Gasteiger partial charge in [-0.05, 0) is 19.6 Å². The van der Waals surface area contributed by atoms with Crippen molar-refractivity contribution in [1.29, 1.82) is 0 Å². The molecular weight excluding hydrogens is 276 g/mol. The highest BCUT2D eigenvalue weighted by Crippen LogP contribution is 2.30. The Hall–Kier alpha value is -1.21. The number of nitrogens with zero attached hydrogens (tertiary/aromatic N) is 2. The molecule has 0 amide bonds. The molecule has 0 aliphatic rings. The van der Waals surface area contributed by atoms with E-state index in [-0.39, 0.29) is 17.9 Å². The molecule has 1 aromatic heterocycles. The largest absolute Gasteiger partial charge is 0.490 e. The Bertz CT molecular complexity index is 402. The van der Waals surface area contributed by atoms with E-state index in [9.17, 15) is 5.11 Å². The van der Waals surface area contributed by atoms with E-state index in [0.717, 1.165) is 13.0 Å². The molecular formula is C13H24N4O2S. The van der Waals surface area contributed by atoms with Crippen LogP contribution in [0.25, 0.3) is 0 Å². The topological polar surface area (TPSA) is 79.3 Å². The standard InChI is InChI=1S/C13H24N4O2S/c1-5-6-14-12-11(19-3)13(16-8-15-12)17-9(2)10(7-18)20-4/h8-10,18H,5-7H2,1-4H3,(H2,14,15,16,17). The molecule has 0 saturated carbocycles. The Kier molecular flexibility index (Phi) is 7.46. The molecule has 2 atom stereocenters. The first-order valence-electron chi connectivity index (χ1n) is 6.70. The predicted octanol–water partition coefficient (Wildman–Crippen LogP) is 1.83. The third-order valence-electron chi connectivity index (χ3n) is 2.96. The van der Waals surface area contributed by atoms with Gasteiger partial charge in [0.15, 0.2) is 11.6 Å². The summed E-state index contributed by atoms with van der Waals surface area (Å²) in [7, 11) is 1.60. The lowest BCUT2D eigenvalue weighted by Gasteiger charge is -2.23. The van der Waals surface area contributed by atoms with E-state index in [2.05, 4.69) is 27.5 Å². The molecule has 2 unspecified atom stereocenters. The fraction of sp³-hybridized carbons (Fsp3) is 0.692.